The van der Waals surface area contributed by atoms with Gasteiger partial charge >= 0.3 is 0 Å². The molecule has 0 amide bonds. The van der Waals surface area contributed by atoms with E-state index in [1.165, 1.54) is 64.7 Å². The van der Waals surface area contributed by atoms with Gasteiger partial charge in [0.2, 0.25) is 0 Å². The van der Waals surface area contributed by atoms with E-state index in [1.54, 1.807) is 0 Å². The van der Waals surface area contributed by atoms with Gasteiger partial charge in [0.25, 0.3) is 0 Å². The van der Waals surface area contributed by atoms with E-state index < -0.39 is 0 Å². The zero-order chi connectivity index (χ0) is 13.5. The minimum Gasteiger partial charge on any atom is -0.376 e. The summed E-state index contributed by atoms with van der Waals surface area (Å²) in [5.74, 6) is 0.922. The van der Waals surface area contributed by atoms with Crippen molar-refractivity contribution in [2.75, 3.05) is 46.4 Å². The van der Waals surface area contributed by atoms with Gasteiger partial charge in [-0.1, -0.05) is 26.2 Å². The summed E-state index contributed by atoms with van der Waals surface area (Å²) in [5, 5.41) is 0. The van der Waals surface area contributed by atoms with Crippen molar-refractivity contribution < 1.29 is 4.74 Å². The van der Waals surface area contributed by atoms with E-state index >= 15 is 0 Å². The highest BCUT2D eigenvalue weighted by molar-refractivity contribution is 4.77. The van der Waals surface area contributed by atoms with Crippen LogP contribution >= 0.6 is 0 Å². The van der Waals surface area contributed by atoms with Gasteiger partial charge < -0.3 is 9.64 Å². The maximum absolute atomic E-state index is 5.91. The first-order valence-corrected chi connectivity index (χ1v) is 8.30. The standard InChI is InChI=1S/C16H32N2O/c1-3-4-5-6-16-14-18(11-12-19-16)13-15-7-9-17(2)10-8-15/h15-16H,3-14H2,1-2H3/t16-/m0/s1. The van der Waals surface area contributed by atoms with Crippen molar-refractivity contribution in [1.29, 1.82) is 0 Å². The van der Waals surface area contributed by atoms with Crippen molar-refractivity contribution in [2.24, 2.45) is 5.92 Å². The van der Waals surface area contributed by atoms with Crippen LogP contribution < -0.4 is 0 Å². The molecule has 0 saturated carbocycles. The molecule has 3 nitrogen and oxygen atoms in total. The Morgan fingerprint density at radius 1 is 1.11 bits per heavy atom. The number of ether oxygens (including phenoxy) is 1. The lowest BCUT2D eigenvalue weighted by molar-refractivity contribution is -0.0394. The molecule has 0 N–H and O–H groups in total. The van der Waals surface area contributed by atoms with Crippen LogP contribution in [0.5, 0.6) is 0 Å². The Morgan fingerprint density at radius 2 is 1.89 bits per heavy atom. The number of rotatable bonds is 6. The second kappa shape index (κ2) is 8.23. The summed E-state index contributed by atoms with van der Waals surface area (Å²) in [6.07, 6.45) is 8.54. The van der Waals surface area contributed by atoms with Crippen LogP contribution in [0.1, 0.15) is 45.4 Å². The van der Waals surface area contributed by atoms with Crippen molar-refractivity contribution in [3.05, 3.63) is 0 Å². The number of unbranched alkanes of at least 4 members (excludes halogenated alkanes) is 2. The van der Waals surface area contributed by atoms with Crippen LogP contribution in [0.2, 0.25) is 0 Å². The Hall–Kier alpha value is -0.120. The van der Waals surface area contributed by atoms with Gasteiger partial charge in [0.05, 0.1) is 12.7 Å². The lowest BCUT2D eigenvalue weighted by Gasteiger charge is -2.37. The highest BCUT2D eigenvalue weighted by Gasteiger charge is 2.24. The highest BCUT2D eigenvalue weighted by Crippen LogP contribution is 2.20. The fourth-order valence-corrected chi connectivity index (χ4v) is 3.35. The summed E-state index contributed by atoms with van der Waals surface area (Å²) < 4.78 is 5.91. The summed E-state index contributed by atoms with van der Waals surface area (Å²) in [6, 6.07) is 0. The molecule has 0 bridgehead atoms. The Labute approximate surface area is 119 Å². The molecule has 2 aliphatic rings. The Morgan fingerprint density at radius 3 is 2.63 bits per heavy atom. The van der Waals surface area contributed by atoms with E-state index in [4.69, 9.17) is 4.74 Å². The molecular weight excluding hydrogens is 236 g/mol. The molecule has 19 heavy (non-hydrogen) atoms. The normalized spacial score (nSPS) is 27.8. The van der Waals surface area contributed by atoms with Gasteiger partial charge in [-0.15, -0.1) is 0 Å². The molecule has 2 saturated heterocycles. The molecule has 0 aromatic heterocycles. The van der Waals surface area contributed by atoms with Crippen LogP contribution in [-0.4, -0.2) is 62.3 Å². The molecule has 2 heterocycles. The maximum Gasteiger partial charge on any atom is 0.0702 e. The molecule has 0 aromatic carbocycles. The Balaban J connectivity index is 1.66. The predicted molar refractivity (Wildman–Crippen MR) is 80.5 cm³/mol. The van der Waals surface area contributed by atoms with Crippen LogP contribution in [0.25, 0.3) is 0 Å². The van der Waals surface area contributed by atoms with Crippen molar-refractivity contribution in [1.82, 2.24) is 9.80 Å². The van der Waals surface area contributed by atoms with E-state index in [1.807, 2.05) is 0 Å². The number of nitrogens with zero attached hydrogens (tertiary/aromatic N) is 2. The zero-order valence-electron chi connectivity index (χ0n) is 12.9. The molecule has 1 atom stereocenters. The molecule has 2 aliphatic heterocycles. The van der Waals surface area contributed by atoms with Gasteiger partial charge in [0.1, 0.15) is 0 Å². The molecule has 2 rings (SSSR count). The van der Waals surface area contributed by atoms with Crippen LogP contribution in [0, 0.1) is 5.92 Å². The molecule has 0 spiro atoms. The van der Waals surface area contributed by atoms with Crippen molar-refractivity contribution in [2.45, 2.75) is 51.6 Å². The number of piperidine rings is 1. The monoisotopic (exact) mass is 268 g/mol. The third kappa shape index (κ3) is 5.41. The van der Waals surface area contributed by atoms with Crippen LogP contribution in [0.3, 0.4) is 0 Å². The Bertz CT molecular complexity index is 239. The van der Waals surface area contributed by atoms with Gasteiger partial charge in [-0.25, -0.2) is 0 Å². The fraction of sp³-hybridized carbons (Fsp3) is 1.00. The molecular formula is C16H32N2O. The van der Waals surface area contributed by atoms with Crippen LogP contribution in [0.15, 0.2) is 0 Å². The number of likely N-dealkylation sites (tertiary alicyclic amines) is 1. The van der Waals surface area contributed by atoms with Gasteiger partial charge in [-0.3, -0.25) is 4.90 Å². The first kappa shape index (κ1) is 15.3. The summed E-state index contributed by atoms with van der Waals surface area (Å²) in [6.45, 7) is 9.43. The molecule has 0 unspecified atom stereocenters. The molecule has 0 aliphatic carbocycles. The van der Waals surface area contributed by atoms with Gasteiger partial charge in [0, 0.05) is 19.6 Å². The average Bonchev–Trinajstić information content (AvgIpc) is 2.42. The molecule has 2 fully saturated rings. The SMILES string of the molecule is CCCCC[C@H]1CN(CC2CCN(C)CC2)CCO1. The number of hydrogen-bond acceptors (Lipinski definition) is 3. The van der Waals surface area contributed by atoms with E-state index in [0.717, 1.165) is 19.1 Å². The van der Waals surface area contributed by atoms with Gasteiger partial charge in [-0.05, 0) is 45.3 Å². The van der Waals surface area contributed by atoms with E-state index in [0.29, 0.717) is 6.10 Å². The first-order valence-electron chi connectivity index (χ1n) is 8.30. The number of hydrogen-bond donors (Lipinski definition) is 0. The predicted octanol–water partition coefficient (Wildman–Crippen LogP) is 2.61. The largest absolute Gasteiger partial charge is 0.376 e. The topological polar surface area (TPSA) is 15.7 Å². The summed E-state index contributed by atoms with van der Waals surface area (Å²) in [5.41, 5.74) is 0. The molecule has 0 radical (unpaired) electrons. The van der Waals surface area contributed by atoms with Crippen molar-refractivity contribution in [3.8, 4) is 0 Å². The maximum atomic E-state index is 5.91. The smallest absolute Gasteiger partial charge is 0.0702 e. The summed E-state index contributed by atoms with van der Waals surface area (Å²) in [4.78, 5) is 5.12. The van der Waals surface area contributed by atoms with Crippen molar-refractivity contribution in [3.63, 3.8) is 0 Å². The summed E-state index contributed by atoms with van der Waals surface area (Å²) >= 11 is 0. The lowest BCUT2D eigenvalue weighted by atomic mass is 9.96. The van der Waals surface area contributed by atoms with E-state index in [2.05, 4.69) is 23.8 Å². The van der Waals surface area contributed by atoms with E-state index in [-0.39, 0.29) is 0 Å². The highest BCUT2D eigenvalue weighted by atomic mass is 16.5. The quantitative estimate of drug-likeness (QED) is 0.689. The van der Waals surface area contributed by atoms with Gasteiger partial charge in [-0.2, -0.15) is 0 Å². The van der Waals surface area contributed by atoms with Crippen molar-refractivity contribution >= 4 is 0 Å². The second-order valence-electron chi connectivity index (χ2n) is 6.49. The molecule has 3 heteroatoms. The lowest BCUT2D eigenvalue weighted by Crippen LogP contribution is -2.45. The van der Waals surface area contributed by atoms with Crippen LogP contribution in [-0.2, 0) is 4.74 Å². The zero-order valence-corrected chi connectivity index (χ0v) is 12.9. The molecule has 0 aromatic rings. The third-order valence-electron chi connectivity index (χ3n) is 4.71. The summed E-state index contributed by atoms with van der Waals surface area (Å²) in [7, 11) is 2.24. The fourth-order valence-electron chi connectivity index (χ4n) is 3.35. The minimum absolute atomic E-state index is 0.506. The van der Waals surface area contributed by atoms with Gasteiger partial charge in [0.15, 0.2) is 0 Å². The second-order valence-corrected chi connectivity index (χ2v) is 6.49. The molecule has 112 valence electrons. The van der Waals surface area contributed by atoms with Crippen LogP contribution in [0.4, 0.5) is 0 Å². The van der Waals surface area contributed by atoms with E-state index in [9.17, 15) is 0 Å². The average molecular weight is 268 g/mol. The Kier molecular flexibility index (Phi) is 6.62. The number of morpholine rings is 1. The third-order valence-corrected chi connectivity index (χ3v) is 4.71. The minimum atomic E-state index is 0.506. The first-order chi connectivity index (χ1) is 9.28.